The number of hydrogen-bond acceptors (Lipinski definition) is 3. The van der Waals surface area contributed by atoms with Crippen LogP contribution < -0.4 is 10.6 Å². The molecule has 1 saturated heterocycles. The molecule has 0 radical (unpaired) electrons. The molecular weight excluding hydrogens is 246 g/mol. The highest BCUT2D eigenvalue weighted by Crippen LogP contribution is 2.27. The monoisotopic (exact) mass is 273 g/mol. The second kappa shape index (κ2) is 6.15. The summed E-state index contributed by atoms with van der Waals surface area (Å²) in [7, 11) is 0. The minimum Gasteiger partial charge on any atom is -0.369 e. The Labute approximate surface area is 122 Å². The fraction of sp³-hybridized carbons (Fsp3) is 0.647. The zero-order valence-corrected chi connectivity index (χ0v) is 12.6. The van der Waals surface area contributed by atoms with E-state index in [1.54, 1.807) is 0 Å². The third kappa shape index (κ3) is 2.84. The summed E-state index contributed by atoms with van der Waals surface area (Å²) in [5.74, 6) is 0. The normalized spacial score (nSPS) is 21.6. The van der Waals surface area contributed by atoms with Crippen molar-refractivity contribution in [2.24, 2.45) is 5.73 Å². The van der Waals surface area contributed by atoms with Gasteiger partial charge >= 0.3 is 0 Å². The lowest BCUT2D eigenvalue weighted by Gasteiger charge is -2.39. The van der Waals surface area contributed by atoms with Crippen LogP contribution in [-0.2, 0) is 6.54 Å². The van der Waals surface area contributed by atoms with E-state index in [4.69, 9.17) is 5.73 Å². The molecule has 0 amide bonds. The summed E-state index contributed by atoms with van der Waals surface area (Å²) >= 11 is 0. The number of aryl methyl sites for hydroxylation is 1. The summed E-state index contributed by atoms with van der Waals surface area (Å²) in [6.07, 6.45) is 5.69. The number of nitrogens with zero attached hydrogens (tertiary/aromatic N) is 2. The van der Waals surface area contributed by atoms with E-state index in [0.29, 0.717) is 6.54 Å². The second-order valence-electron chi connectivity index (χ2n) is 6.30. The first-order valence-electron chi connectivity index (χ1n) is 8.06. The summed E-state index contributed by atoms with van der Waals surface area (Å²) in [6.45, 7) is 7.49. The lowest BCUT2D eigenvalue weighted by atomic mass is 10.1. The standard InChI is InChI=1S/C17H27N3/c1-14-6-7-17(15(12-14)13-18)20-10-8-19(9-11-20)16-4-2-3-5-16/h6-7,12,16H,2-5,8-11,13,18H2,1H3. The Kier molecular flexibility index (Phi) is 4.27. The average molecular weight is 273 g/mol. The fourth-order valence-corrected chi connectivity index (χ4v) is 3.78. The van der Waals surface area contributed by atoms with E-state index in [-0.39, 0.29) is 0 Å². The first kappa shape index (κ1) is 13.9. The van der Waals surface area contributed by atoms with Crippen LogP contribution in [0.3, 0.4) is 0 Å². The van der Waals surface area contributed by atoms with Gasteiger partial charge in [-0.05, 0) is 31.4 Å². The maximum absolute atomic E-state index is 5.92. The molecule has 2 fully saturated rings. The van der Waals surface area contributed by atoms with Crippen molar-refractivity contribution in [1.29, 1.82) is 0 Å². The third-order valence-electron chi connectivity index (χ3n) is 4.95. The van der Waals surface area contributed by atoms with Gasteiger partial charge in [0.2, 0.25) is 0 Å². The largest absolute Gasteiger partial charge is 0.369 e. The molecule has 3 rings (SSSR count). The Morgan fingerprint density at radius 3 is 2.45 bits per heavy atom. The molecule has 1 aliphatic heterocycles. The molecule has 3 heteroatoms. The minimum atomic E-state index is 0.639. The van der Waals surface area contributed by atoms with Gasteiger partial charge in [0, 0.05) is 44.5 Å². The van der Waals surface area contributed by atoms with Crippen LogP contribution in [0.4, 0.5) is 5.69 Å². The van der Waals surface area contributed by atoms with E-state index in [1.807, 2.05) is 0 Å². The van der Waals surface area contributed by atoms with Gasteiger partial charge < -0.3 is 10.6 Å². The first-order valence-corrected chi connectivity index (χ1v) is 8.06. The Morgan fingerprint density at radius 1 is 1.10 bits per heavy atom. The predicted octanol–water partition coefficient (Wildman–Crippen LogP) is 2.52. The molecule has 1 aromatic rings. The molecule has 0 bridgehead atoms. The molecule has 0 unspecified atom stereocenters. The Hall–Kier alpha value is -1.06. The Balaban J connectivity index is 1.65. The van der Waals surface area contributed by atoms with E-state index in [0.717, 1.165) is 19.1 Å². The van der Waals surface area contributed by atoms with Crippen molar-refractivity contribution in [2.75, 3.05) is 31.1 Å². The number of nitrogens with two attached hydrogens (primary N) is 1. The number of benzene rings is 1. The van der Waals surface area contributed by atoms with E-state index in [1.165, 1.54) is 55.6 Å². The molecule has 2 N–H and O–H groups in total. The fourth-order valence-electron chi connectivity index (χ4n) is 3.78. The number of piperazine rings is 1. The van der Waals surface area contributed by atoms with Crippen molar-refractivity contribution in [3.05, 3.63) is 29.3 Å². The first-order chi connectivity index (χ1) is 9.78. The number of hydrogen-bond donors (Lipinski definition) is 1. The summed E-state index contributed by atoms with van der Waals surface area (Å²) in [4.78, 5) is 5.23. The van der Waals surface area contributed by atoms with Gasteiger partial charge in [0.05, 0.1) is 0 Å². The zero-order valence-electron chi connectivity index (χ0n) is 12.6. The summed E-state index contributed by atoms with van der Waals surface area (Å²) < 4.78 is 0. The van der Waals surface area contributed by atoms with Crippen molar-refractivity contribution in [3.8, 4) is 0 Å². The molecule has 0 atom stereocenters. The van der Waals surface area contributed by atoms with Gasteiger partial charge in [-0.2, -0.15) is 0 Å². The van der Waals surface area contributed by atoms with E-state index in [9.17, 15) is 0 Å². The van der Waals surface area contributed by atoms with Gasteiger partial charge in [0.25, 0.3) is 0 Å². The van der Waals surface area contributed by atoms with Crippen LogP contribution in [0.2, 0.25) is 0 Å². The van der Waals surface area contributed by atoms with Gasteiger partial charge in [0.15, 0.2) is 0 Å². The maximum Gasteiger partial charge on any atom is 0.0412 e. The summed E-state index contributed by atoms with van der Waals surface area (Å²) in [5.41, 5.74) is 9.86. The lowest BCUT2D eigenvalue weighted by molar-refractivity contribution is 0.187. The molecule has 3 nitrogen and oxygen atoms in total. The van der Waals surface area contributed by atoms with Crippen LogP contribution in [-0.4, -0.2) is 37.1 Å². The summed E-state index contributed by atoms with van der Waals surface area (Å²) in [5, 5.41) is 0. The van der Waals surface area contributed by atoms with Crippen LogP contribution in [0, 0.1) is 6.92 Å². The van der Waals surface area contributed by atoms with Crippen LogP contribution in [0.15, 0.2) is 18.2 Å². The van der Waals surface area contributed by atoms with Crippen LogP contribution in [0.1, 0.15) is 36.8 Å². The quantitative estimate of drug-likeness (QED) is 0.918. The van der Waals surface area contributed by atoms with Crippen molar-refractivity contribution in [1.82, 2.24) is 4.90 Å². The third-order valence-corrected chi connectivity index (χ3v) is 4.95. The molecule has 2 aliphatic rings. The molecule has 1 heterocycles. The van der Waals surface area contributed by atoms with Gasteiger partial charge in [-0.3, -0.25) is 4.90 Å². The maximum atomic E-state index is 5.92. The van der Waals surface area contributed by atoms with E-state index in [2.05, 4.69) is 34.9 Å². The van der Waals surface area contributed by atoms with Gasteiger partial charge in [-0.1, -0.05) is 30.5 Å². The molecule has 20 heavy (non-hydrogen) atoms. The van der Waals surface area contributed by atoms with Crippen molar-refractivity contribution >= 4 is 5.69 Å². The molecule has 1 aliphatic carbocycles. The van der Waals surface area contributed by atoms with Crippen molar-refractivity contribution in [3.63, 3.8) is 0 Å². The van der Waals surface area contributed by atoms with Crippen LogP contribution in [0.25, 0.3) is 0 Å². The van der Waals surface area contributed by atoms with Crippen LogP contribution >= 0.6 is 0 Å². The molecule has 1 aromatic carbocycles. The van der Waals surface area contributed by atoms with Crippen LogP contribution in [0.5, 0.6) is 0 Å². The zero-order chi connectivity index (χ0) is 13.9. The van der Waals surface area contributed by atoms with Crippen molar-refractivity contribution < 1.29 is 0 Å². The van der Waals surface area contributed by atoms with Gasteiger partial charge in [-0.25, -0.2) is 0 Å². The number of anilines is 1. The molecule has 0 spiro atoms. The van der Waals surface area contributed by atoms with E-state index < -0.39 is 0 Å². The minimum absolute atomic E-state index is 0.639. The Morgan fingerprint density at radius 2 is 1.80 bits per heavy atom. The highest BCUT2D eigenvalue weighted by Gasteiger charge is 2.26. The average Bonchev–Trinajstić information content (AvgIpc) is 3.01. The van der Waals surface area contributed by atoms with Crippen molar-refractivity contribution in [2.45, 2.75) is 45.2 Å². The highest BCUT2D eigenvalue weighted by molar-refractivity contribution is 5.55. The summed E-state index contributed by atoms with van der Waals surface area (Å²) in [6, 6.07) is 7.56. The number of rotatable bonds is 3. The molecule has 110 valence electrons. The second-order valence-corrected chi connectivity index (χ2v) is 6.30. The highest BCUT2D eigenvalue weighted by atomic mass is 15.3. The van der Waals surface area contributed by atoms with E-state index >= 15 is 0 Å². The predicted molar refractivity (Wildman–Crippen MR) is 85.1 cm³/mol. The topological polar surface area (TPSA) is 32.5 Å². The lowest BCUT2D eigenvalue weighted by Crippen LogP contribution is -2.50. The molecule has 0 aromatic heterocycles. The van der Waals surface area contributed by atoms with Gasteiger partial charge in [0.1, 0.15) is 0 Å². The SMILES string of the molecule is Cc1ccc(N2CCN(C3CCCC3)CC2)c(CN)c1. The molecule has 1 saturated carbocycles. The Bertz CT molecular complexity index is 444. The smallest absolute Gasteiger partial charge is 0.0412 e. The van der Waals surface area contributed by atoms with Gasteiger partial charge in [-0.15, -0.1) is 0 Å². The molecular formula is C17H27N3.